The minimum atomic E-state index is 0.104. The Balaban J connectivity index is 2.11. The molecule has 1 heterocycles. The SMILES string of the molecule is COc1ccc(Cl)cc1C[NH+]1CCNC(=O)C1. The van der Waals surface area contributed by atoms with Crippen LogP contribution >= 0.6 is 11.6 Å². The van der Waals surface area contributed by atoms with Crippen LogP contribution in [-0.4, -0.2) is 32.7 Å². The number of hydrogen-bond acceptors (Lipinski definition) is 2. The van der Waals surface area contributed by atoms with Gasteiger partial charge in [-0.2, -0.15) is 0 Å². The van der Waals surface area contributed by atoms with E-state index < -0.39 is 0 Å². The predicted octanol–water partition coefficient (Wildman–Crippen LogP) is -0.137. The summed E-state index contributed by atoms with van der Waals surface area (Å²) >= 11 is 5.98. The zero-order chi connectivity index (χ0) is 12.3. The maximum atomic E-state index is 11.3. The molecular formula is C12H16ClN2O2+. The van der Waals surface area contributed by atoms with Gasteiger partial charge in [-0.1, -0.05) is 11.6 Å². The Morgan fingerprint density at radius 3 is 3.06 bits per heavy atom. The third-order valence-corrected chi connectivity index (χ3v) is 3.13. The molecule has 0 aliphatic carbocycles. The zero-order valence-corrected chi connectivity index (χ0v) is 10.5. The van der Waals surface area contributed by atoms with E-state index >= 15 is 0 Å². The highest BCUT2D eigenvalue weighted by molar-refractivity contribution is 6.30. The van der Waals surface area contributed by atoms with Crippen molar-refractivity contribution in [3.8, 4) is 5.75 Å². The van der Waals surface area contributed by atoms with Crippen molar-refractivity contribution in [3.05, 3.63) is 28.8 Å². The number of quaternary nitrogens is 1. The van der Waals surface area contributed by atoms with Crippen LogP contribution in [0.15, 0.2) is 18.2 Å². The summed E-state index contributed by atoms with van der Waals surface area (Å²) in [5, 5.41) is 3.52. The molecule has 1 saturated heterocycles. The van der Waals surface area contributed by atoms with Gasteiger partial charge in [0, 0.05) is 10.6 Å². The summed E-state index contributed by atoms with van der Waals surface area (Å²) in [6.45, 7) is 2.94. The number of piperazine rings is 1. The number of benzene rings is 1. The van der Waals surface area contributed by atoms with E-state index in [9.17, 15) is 4.79 Å². The minimum absolute atomic E-state index is 0.104. The van der Waals surface area contributed by atoms with Crippen molar-refractivity contribution >= 4 is 17.5 Å². The first-order chi connectivity index (χ1) is 8.19. The lowest BCUT2D eigenvalue weighted by atomic mass is 10.1. The summed E-state index contributed by atoms with van der Waals surface area (Å²) in [5.41, 5.74) is 1.05. The summed E-state index contributed by atoms with van der Waals surface area (Å²) in [5.74, 6) is 0.931. The van der Waals surface area contributed by atoms with Crippen molar-refractivity contribution in [1.82, 2.24) is 5.32 Å². The number of carbonyl (C=O) groups excluding carboxylic acids is 1. The van der Waals surface area contributed by atoms with Gasteiger partial charge in [-0.15, -0.1) is 0 Å². The van der Waals surface area contributed by atoms with Crippen molar-refractivity contribution in [3.63, 3.8) is 0 Å². The zero-order valence-electron chi connectivity index (χ0n) is 9.75. The quantitative estimate of drug-likeness (QED) is 0.790. The van der Waals surface area contributed by atoms with E-state index in [-0.39, 0.29) is 5.91 Å². The van der Waals surface area contributed by atoms with Gasteiger partial charge < -0.3 is 15.0 Å². The van der Waals surface area contributed by atoms with Crippen LogP contribution in [0, 0.1) is 0 Å². The second-order valence-corrected chi connectivity index (χ2v) is 4.60. The second kappa shape index (κ2) is 5.38. The molecular weight excluding hydrogens is 240 g/mol. The Morgan fingerprint density at radius 1 is 1.53 bits per heavy atom. The van der Waals surface area contributed by atoms with E-state index in [1.54, 1.807) is 7.11 Å². The fraction of sp³-hybridized carbons (Fsp3) is 0.417. The first-order valence-corrected chi connectivity index (χ1v) is 5.99. The van der Waals surface area contributed by atoms with E-state index in [1.807, 2.05) is 18.2 Å². The average Bonchev–Trinajstić information content (AvgIpc) is 2.29. The molecule has 1 atom stereocenters. The molecule has 1 aromatic carbocycles. The van der Waals surface area contributed by atoms with Crippen LogP contribution < -0.4 is 15.0 Å². The largest absolute Gasteiger partial charge is 0.496 e. The fourth-order valence-corrected chi connectivity index (χ4v) is 2.26. The van der Waals surface area contributed by atoms with Gasteiger partial charge in [-0.25, -0.2) is 0 Å². The Bertz CT molecular complexity index is 423. The van der Waals surface area contributed by atoms with Gasteiger partial charge in [0.25, 0.3) is 5.91 Å². The number of rotatable bonds is 3. The highest BCUT2D eigenvalue weighted by Gasteiger charge is 2.21. The van der Waals surface area contributed by atoms with Gasteiger partial charge in [0.15, 0.2) is 6.54 Å². The van der Waals surface area contributed by atoms with Crippen LogP contribution in [0.25, 0.3) is 0 Å². The third kappa shape index (κ3) is 3.11. The number of halogens is 1. The molecule has 0 spiro atoms. The lowest BCUT2D eigenvalue weighted by Gasteiger charge is -2.24. The van der Waals surface area contributed by atoms with Gasteiger partial charge in [0.05, 0.1) is 20.2 Å². The standard InChI is InChI=1S/C12H15ClN2O2/c1-17-11-3-2-10(13)6-9(11)7-15-5-4-14-12(16)8-15/h2-3,6H,4-5,7-8H2,1H3,(H,14,16)/p+1. The summed E-state index contributed by atoms with van der Waals surface area (Å²) in [6, 6.07) is 5.57. The highest BCUT2D eigenvalue weighted by Crippen LogP contribution is 2.21. The molecule has 0 saturated carbocycles. The number of carbonyl (C=O) groups is 1. The van der Waals surface area contributed by atoms with E-state index in [2.05, 4.69) is 5.32 Å². The van der Waals surface area contributed by atoms with E-state index in [0.717, 1.165) is 30.9 Å². The maximum Gasteiger partial charge on any atom is 0.275 e. The topological polar surface area (TPSA) is 42.8 Å². The van der Waals surface area contributed by atoms with Crippen LogP contribution in [-0.2, 0) is 11.3 Å². The van der Waals surface area contributed by atoms with Crippen LogP contribution in [0.5, 0.6) is 5.75 Å². The molecule has 1 fully saturated rings. The normalized spacial score (nSPS) is 19.9. The van der Waals surface area contributed by atoms with Gasteiger partial charge in [-0.05, 0) is 18.2 Å². The lowest BCUT2D eigenvalue weighted by molar-refractivity contribution is -0.907. The second-order valence-electron chi connectivity index (χ2n) is 4.16. The molecule has 17 heavy (non-hydrogen) atoms. The van der Waals surface area contributed by atoms with Crippen molar-refractivity contribution in [1.29, 1.82) is 0 Å². The molecule has 0 aromatic heterocycles. The highest BCUT2D eigenvalue weighted by atomic mass is 35.5. The maximum absolute atomic E-state index is 11.3. The van der Waals surface area contributed by atoms with E-state index in [1.165, 1.54) is 4.90 Å². The summed E-state index contributed by atoms with van der Waals surface area (Å²) in [7, 11) is 1.64. The molecule has 1 unspecified atom stereocenters. The molecule has 0 bridgehead atoms. The smallest absolute Gasteiger partial charge is 0.275 e. The van der Waals surface area contributed by atoms with Crippen LogP contribution in [0.2, 0.25) is 5.02 Å². The number of methoxy groups -OCH3 is 1. The molecule has 92 valence electrons. The molecule has 2 N–H and O–H groups in total. The number of hydrogen-bond donors (Lipinski definition) is 2. The molecule has 1 aromatic rings. The molecule has 2 rings (SSSR count). The summed E-state index contributed by atoms with van der Waals surface area (Å²) in [4.78, 5) is 12.5. The van der Waals surface area contributed by atoms with E-state index in [4.69, 9.17) is 16.3 Å². The minimum Gasteiger partial charge on any atom is -0.496 e. The third-order valence-electron chi connectivity index (χ3n) is 2.89. The Hall–Kier alpha value is -1.26. The van der Waals surface area contributed by atoms with Gasteiger partial charge in [-0.3, -0.25) is 4.79 Å². The van der Waals surface area contributed by atoms with Crippen LogP contribution in [0.1, 0.15) is 5.56 Å². The number of amides is 1. The number of ether oxygens (including phenoxy) is 1. The Kier molecular flexibility index (Phi) is 3.86. The van der Waals surface area contributed by atoms with Crippen molar-refractivity contribution in [2.75, 3.05) is 26.7 Å². The summed E-state index contributed by atoms with van der Waals surface area (Å²) < 4.78 is 5.30. The van der Waals surface area contributed by atoms with Crippen LogP contribution in [0.4, 0.5) is 0 Å². The van der Waals surface area contributed by atoms with Crippen LogP contribution in [0.3, 0.4) is 0 Å². The van der Waals surface area contributed by atoms with Crippen molar-refractivity contribution < 1.29 is 14.4 Å². The number of nitrogens with one attached hydrogen (secondary N) is 2. The van der Waals surface area contributed by atoms with Gasteiger partial charge in [0.2, 0.25) is 0 Å². The Labute approximate surface area is 106 Å². The first-order valence-electron chi connectivity index (χ1n) is 5.61. The average molecular weight is 256 g/mol. The van der Waals surface area contributed by atoms with Gasteiger partial charge in [0.1, 0.15) is 12.3 Å². The lowest BCUT2D eigenvalue weighted by Crippen LogP contribution is -3.14. The fourth-order valence-electron chi connectivity index (χ4n) is 2.06. The van der Waals surface area contributed by atoms with Crippen molar-refractivity contribution in [2.24, 2.45) is 0 Å². The summed E-state index contributed by atoms with van der Waals surface area (Å²) in [6.07, 6.45) is 0. The molecule has 0 radical (unpaired) electrons. The van der Waals surface area contributed by atoms with E-state index in [0.29, 0.717) is 11.6 Å². The molecule has 4 nitrogen and oxygen atoms in total. The van der Waals surface area contributed by atoms with Gasteiger partial charge >= 0.3 is 0 Å². The first kappa shape index (κ1) is 12.2. The monoisotopic (exact) mass is 255 g/mol. The predicted molar refractivity (Wildman–Crippen MR) is 65.4 cm³/mol. The van der Waals surface area contributed by atoms with Crippen molar-refractivity contribution in [2.45, 2.75) is 6.54 Å². The Morgan fingerprint density at radius 2 is 2.35 bits per heavy atom. The molecule has 5 heteroatoms. The molecule has 1 amide bonds. The molecule has 1 aliphatic rings. The molecule has 1 aliphatic heterocycles.